The van der Waals surface area contributed by atoms with Crippen molar-refractivity contribution in [2.24, 2.45) is 0 Å². The Morgan fingerprint density at radius 1 is 0.842 bits per heavy atom. The molecule has 1 saturated heterocycles. The third-order valence-electron chi connectivity index (χ3n) is 6.87. The molecule has 2 heterocycles. The number of para-hydroxylation sites is 3. The molecule has 1 aromatic heterocycles. The highest BCUT2D eigenvalue weighted by Crippen LogP contribution is 2.31. The number of hydrogen-bond donors (Lipinski definition) is 1. The molecule has 0 amide bonds. The Morgan fingerprint density at radius 2 is 1.53 bits per heavy atom. The fourth-order valence-electron chi connectivity index (χ4n) is 4.64. The lowest BCUT2D eigenvalue weighted by atomic mass is 10.2. The van der Waals surface area contributed by atoms with E-state index in [0.717, 1.165) is 22.3 Å². The van der Waals surface area contributed by atoms with Crippen LogP contribution in [0.4, 0.5) is 11.5 Å². The van der Waals surface area contributed by atoms with Crippen LogP contribution in [0.15, 0.2) is 77.7 Å². The summed E-state index contributed by atoms with van der Waals surface area (Å²) in [6.07, 6.45) is 0. The van der Waals surface area contributed by atoms with E-state index in [2.05, 4.69) is 17.1 Å². The summed E-state index contributed by atoms with van der Waals surface area (Å²) in [4.78, 5) is 12.3. The predicted molar refractivity (Wildman–Crippen MR) is 148 cm³/mol. The van der Waals surface area contributed by atoms with Gasteiger partial charge in [0.2, 0.25) is 10.0 Å². The molecule has 10 heteroatoms. The second kappa shape index (κ2) is 10.9. The third-order valence-corrected chi connectivity index (χ3v) is 8.79. The van der Waals surface area contributed by atoms with Gasteiger partial charge in [-0.1, -0.05) is 24.3 Å². The molecule has 1 unspecified atom stereocenters. The second-order valence-electron chi connectivity index (χ2n) is 9.06. The maximum Gasteiger partial charge on any atom is 0.243 e. The van der Waals surface area contributed by atoms with Crippen LogP contribution < -0.4 is 14.8 Å². The molecule has 3 aromatic carbocycles. The second-order valence-corrected chi connectivity index (χ2v) is 11.0. The largest absolute Gasteiger partial charge is 0.497 e. The van der Waals surface area contributed by atoms with E-state index in [-0.39, 0.29) is 10.9 Å². The van der Waals surface area contributed by atoms with Gasteiger partial charge in [-0.15, -0.1) is 0 Å². The van der Waals surface area contributed by atoms with Gasteiger partial charge in [-0.25, -0.2) is 18.4 Å². The summed E-state index contributed by atoms with van der Waals surface area (Å²) in [5.41, 5.74) is 1.65. The van der Waals surface area contributed by atoms with Crippen molar-refractivity contribution in [3.8, 4) is 11.5 Å². The monoisotopic (exact) mass is 533 g/mol. The number of nitrogens with one attached hydrogen (secondary N) is 1. The summed E-state index contributed by atoms with van der Waals surface area (Å²) in [6.45, 7) is 3.98. The number of anilines is 2. The summed E-state index contributed by atoms with van der Waals surface area (Å²) in [5, 5.41) is 4.33. The smallest absolute Gasteiger partial charge is 0.243 e. The average molecular weight is 534 g/mol. The number of methoxy groups -OCH3 is 2. The number of fused-ring (bicyclic) bond motifs is 1. The van der Waals surface area contributed by atoms with E-state index in [4.69, 9.17) is 19.4 Å². The van der Waals surface area contributed by atoms with Gasteiger partial charge in [0, 0.05) is 31.6 Å². The Hall–Kier alpha value is -3.73. The molecule has 9 nitrogen and oxygen atoms in total. The molecule has 0 saturated carbocycles. The van der Waals surface area contributed by atoms with Crippen LogP contribution in [0.3, 0.4) is 0 Å². The van der Waals surface area contributed by atoms with E-state index < -0.39 is 10.0 Å². The molecule has 1 fully saturated rings. The minimum atomic E-state index is -3.58. The van der Waals surface area contributed by atoms with Crippen molar-refractivity contribution in [3.63, 3.8) is 0 Å². The minimum Gasteiger partial charge on any atom is -0.497 e. The third kappa shape index (κ3) is 5.15. The Morgan fingerprint density at radius 3 is 2.24 bits per heavy atom. The number of hydrogen-bond acceptors (Lipinski definition) is 8. The molecular weight excluding hydrogens is 502 g/mol. The lowest BCUT2D eigenvalue weighted by molar-refractivity contribution is 0.141. The number of piperazine rings is 1. The SMILES string of the molecule is COc1ccc(S(=O)(=O)N2CCN(C(C)c3nc(Nc4ccccc4OC)c4ccccc4n3)CC2)cc1. The summed E-state index contributed by atoms with van der Waals surface area (Å²) in [7, 11) is -0.384. The molecule has 0 bridgehead atoms. The fraction of sp³-hybridized carbons (Fsp3) is 0.286. The van der Waals surface area contributed by atoms with Crippen molar-refractivity contribution < 1.29 is 17.9 Å². The minimum absolute atomic E-state index is 0.108. The van der Waals surface area contributed by atoms with Crippen LogP contribution in [0.2, 0.25) is 0 Å². The molecule has 5 rings (SSSR count). The molecule has 198 valence electrons. The van der Waals surface area contributed by atoms with Crippen LogP contribution in [0.5, 0.6) is 11.5 Å². The molecule has 0 radical (unpaired) electrons. The lowest BCUT2D eigenvalue weighted by Crippen LogP contribution is -2.49. The number of sulfonamides is 1. The van der Waals surface area contributed by atoms with Gasteiger partial charge in [-0.2, -0.15) is 4.31 Å². The van der Waals surface area contributed by atoms with Crippen LogP contribution in [-0.4, -0.2) is 68.0 Å². The van der Waals surface area contributed by atoms with Gasteiger partial charge in [-0.05, 0) is 55.5 Å². The highest BCUT2D eigenvalue weighted by molar-refractivity contribution is 7.89. The first-order chi connectivity index (χ1) is 18.4. The van der Waals surface area contributed by atoms with Crippen molar-refractivity contribution in [2.75, 3.05) is 45.7 Å². The zero-order valence-electron chi connectivity index (χ0n) is 21.7. The maximum atomic E-state index is 13.2. The average Bonchev–Trinajstić information content (AvgIpc) is 2.97. The van der Waals surface area contributed by atoms with Gasteiger partial charge in [0.15, 0.2) is 0 Å². The highest BCUT2D eigenvalue weighted by atomic mass is 32.2. The lowest BCUT2D eigenvalue weighted by Gasteiger charge is -2.36. The van der Waals surface area contributed by atoms with E-state index in [1.54, 1.807) is 38.5 Å². The summed E-state index contributed by atoms with van der Waals surface area (Å²) in [6, 6.07) is 22.0. The Bertz CT molecular complexity index is 1520. The Labute approximate surface area is 223 Å². The van der Waals surface area contributed by atoms with Gasteiger partial charge < -0.3 is 14.8 Å². The number of ether oxygens (including phenoxy) is 2. The molecule has 1 atom stereocenters. The van der Waals surface area contributed by atoms with E-state index in [1.807, 2.05) is 48.5 Å². The molecule has 1 aliphatic heterocycles. The zero-order chi connectivity index (χ0) is 26.7. The van der Waals surface area contributed by atoms with Crippen LogP contribution in [0, 0.1) is 0 Å². The number of aromatic nitrogens is 2. The quantitative estimate of drug-likeness (QED) is 0.355. The van der Waals surface area contributed by atoms with E-state index in [9.17, 15) is 8.42 Å². The molecule has 1 aliphatic rings. The van der Waals surface area contributed by atoms with Crippen molar-refractivity contribution in [2.45, 2.75) is 17.9 Å². The first-order valence-electron chi connectivity index (χ1n) is 12.5. The molecular formula is C28H31N5O4S. The van der Waals surface area contributed by atoms with Crippen molar-refractivity contribution in [1.82, 2.24) is 19.2 Å². The van der Waals surface area contributed by atoms with Gasteiger partial charge >= 0.3 is 0 Å². The van der Waals surface area contributed by atoms with Crippen molar-refractivity contribution in [3.05, 3.63) is 78.6 Å². The highest BCUT2D eigenvalue weighted by Gasteiger charge is 2.31. The molecule has 1 N–H and O–H groups in total. The normalized spacial score (nSPS) is 15.8. The zero-order valence-corrected chi connectivity index (χ0v) is 22.5. The molecule has 4 aromatic rings. The number of nitrogens with zero attached hydrogens (tertiary/aromatic N) is 4. The van der Waals surface area contributed by atoms with E-state index >= 15 is 0 Å². The van der Waals surface area contributed by atoms with Crippen LogP contribution >= 0.6 is 0 Å². The van der Waals surface area contributed by atoms with Crippen molar-refractivity contribution >= 4 is 32.4 Å². The van der Waals surface area contributed by atoms with Gasteiger partial charge in [0.25, 0.3) is 0 Å². The van der Waals surface area contributed by atoms with Gasteiger partial charge in [-0.3, -0.25) is 4.90 Å². The van der Waals surface area contributed by atoms with Crippen LogP contribution in [0.25, 0.3) is 10.9 Å². The number of rotatable bonds is 8. The van der Waals surface area contributed by atoms with E-state index in [1.165, 1.54) is 4.31 Å². The molecule has 0 aliphatic carbocycles. The Kier molecular flexibility index (Phi) is 7.46. The molecule has 0 spiro atoms. The van der Waals surface area contributed by atoms with Crippen LogP contribution in [0.1, 0.15) is 18.8 Å². The predicted octanol–water partition coefficient (Wildman–Crippen LogP) is 4.46. The van der Waals surface area contributed by atoms with Crippen LogP contribution in [-0.2, 0) is 10.0 Å². The van der Waals surface area contributed by atoms with Gasteiger partial charge in [0.1, 0.15) is 23.1 Å². The first kappa shape index (κ1) is 25.9. The molecule has 38 heavy (non-hydrogen) atoms. The summed E-state index contributed by atoms with van der Waals surface area (Å²) >= 11 is 0. The van der Waals surface area contributed by atoms with Crippen molar-refractivity contribution in [1.29, 1.82) is 0 Å². The summed E-state index contributed by atoms with van der Waals surface area (Å²) in [5.74, 6) is 2.71. The fourth-order valence-corrected chi connectivity index (χ4v) is 6.07. The number of benzene rings is 3. The van der Waals surface area contributed by atoms with Gasteiger partial charge in [0.05, 0.1) is 36.4 Å². The maximum absolute atomic E-state index is 13.2. The summed E-state index contributed by atoms with van der Waals surface area (Å²) < 4.78 is 38.5. The first-order valence-corrected chi connectivity index (χ1v) is 13.9. The Balaban J connectivity index is 1.36. The standard InChI is InChI=1S/C28H31N5O4S/c1-20(32-16-18-33(19-17-32)38(34,35)22-14-12-21(36-2)13-15-22)27-29-24-9-5-4-8-23(24)28(31-27)30-25-10-6-7-11-26(25)37-3/h4-15,20H,16-19H2,1-3H3,(H,29,30,31). The topological polar surface area (TPSA) is 96.9 Å². The van der Waals surface area contributed by atoms with E-state index in [0.29, 0.717) is 43.6 Å².